The summed E-state index contributed by atoms with van der Waals surface area (Å²) < 4.78 is 5.23. The Hall–Kier alpha value is -1.13. The minimum absolute atomic E-state index is 0.0438. The molecule has 2 rings (SSSR count). The van der Waals surface area contributed by atoms with Gasteiger partial charge >= 0.3 is 0 Å². The van der Waals surface area contributed by atoms with Gasteiger partial charge in [-0.1, -0.05) is 0 Å². The van der Waals surface area contributed by atoms with E-state index in [2.05, 4.69) is 22.9 Å². The van der Waals surface area contributed by atoms with Crippen molar-refractivity contribution in [2.75, 3.05) is 25.2 Å². The summed E-state index contributed by atoms with van der Waals surface area (Å²) >= 11 is 0. The van der Waals surface area contributed by atoms with Crippen LogP contribution in [0.5, 0.6) is 0 Å². The van der Waals surface area contributed by atoms with Crippen LogP contribution in [0.4, 0.5) is 5.82 Å². The lowest BCUT2D eigenvalue weighted by Gasteiger charge is -2.30. The number of nitrogens with zero attached hydrogens (tertiary/aromatic N) is 2. The van der Waals surface area contributed by atoms with Crippen LogP contribution < -0.4 is 10.6 Å². The van der Waals surface area contributed by atoms with Gasteiger partial charge in [0.05, 0.1) is 6.61 Å². The molecule has 106 valence electrons. The molecular weight excluding hydrogens is 238 g/mol. The Morgan fingerprint density at radius 2 is 2.21 bits per heavy atom. The number of rotatable bonds is 7. The number of pyridine rings is 1. The molecular formula is C15H25N3O. The van der Waals surface area contributed by atoms with Gasteiger partial charge in [0, 0.05) is 31.9 Å². The second-order valence-electron chi connectivity index (χ2n) is 5.50. The van der Waals surface area contributed by atoms with E-state index in [4.69, 9.17) is 10.5 Å². The molecule has 1 heterocycles. The first kappa shape index (κ1) is 14.3. The molecule has 1 aromatic rings. The second kappa shape index (κ2) is 6.35. The van der Waals surface area contributed by atoms with E-state index < -0.39 is 0 Å². The molecule has 1 fully saturated rings. The van der Waals surface area contributed by atoms with Crippen molar-refractivity contribution >= 4 is 5.82 Å². The summed E-state index contributed by atoms with van der Waals surface area (Å²) in [5.74, 6) is 1.82. The maximum atomic E-state index is 5.96. The van der Waals surface area contributed by atoms with Crippen LogP contribution in [0.15, 0.2) is 18.3 Å². The molecule has 2 unspecified atom stereocenters. The molecule has 0 spiro atoms. The largest absolute Gasteiger partial charge is 0.383 e. The lowest BCUT2D eigenvalue weighted by molar-refractivity contribution is 0.202. The van der Waals surface area contributed by atoms with Crippen molar-refractivity contribution in [2.24, 2.45) is 11.7 Å². The minimum atomic E-state index is 0.0438. The van der Waals surface area contributed by atoms with Crippen LogP contribution in [0.3, 0.4) is 0 Å². The van der Waals surface area contributed by atoms with Crippen molar-refractivity contribution in [1.29, 1.82) is 0 Å². The monoisotopic (exact) mass is 263 g/mol. The zero-order chi connectivity index (χ0) is 13.8. The van der Waals surface area contributed by atoms with Gasteiger partial charge in [-0.25, -0.2) is 4.98 Å². The average molecular weight is 263 g/mol. The van der Waals surface area contributed by atoms with Crippen molar-refractivity contribution in [2.45, 2.75) is 38.8 Å². The molecule has 0 amide bonds. The maximum absolute atomic E-state index is 5.96. The molecule has 4 nitrogen and oxygen atoms in total. The lowest BCUT2D eigenvalue weighted by atomic mass is 10.1. The maximum Gasteiger partial charge on any atom is 0.129 e. The van der Waals surface area contributed by atoms with Crippen LogP contribution in [-0.2, 0) is 4.74 Å². The fourth-order valence-electron chi connectivity index (χ4n) is 2.42. The standard InChI is InChI=1S/C15H25N3O/c1-11(16)14-6-7-17-15(10-14)18(8-9-19-3)12(2)13-4-5-13/h6-7,10-13H,4-5,8-9,16H2,1-3H3. The first-order chi connectivity index (χ1) is 9.13. The fraction of sp³-hybridized carbons (Fsp3) is 0.667. The highest BCUT2D eigenvalue weighted by atomic mass is 16.5. The Morgan fingerprint density at radius 3 is 2.79 bits per heavy atom. The summed E-state index contributed by atoms with van der Waals surface area (Å²) in [6.07, 6.45) is 4.52. The SMILES string of the molecule is COCCN(c1cc(C(C)N)ccn1)C(C)C1CC1. The number of nitrogens with two attached hydrogens (primary N) is 1. The van der Waals surface area contributed by atoms with Gasteiger partial charge in [0.1, 0.15) is 5.82 Å². The molecule has 19 heavy (non-hydrogen) atoms. The Bertz CT molecular complexity index is 404. The molecule has 0 radical (unpaired) electrons. The van der Waals surface area contributed by atoms with E-state index in [1.807, 2.05) is 19.2 Å². The Balaban J connectivity index is 2.18. The Kier molecular flexibility index (Phi) is 4.77. The van der Waals surface area contributed by atoms with E-state index in [0.29, 0.717) is 6.04 Å². The minimum Gasteiger partial charge on any atom is -0.383 e. The van der Waals surface area contributed by atoms with Gasteiger partial charge in [-0.05, 0) is 50.3 Å². The number of anilines is 1. The smallest absolute Gasteiger partial charge is 0.129 e. The quantitative estimate of drug-likeness (QED) is 0.820. The molecule has 1 aliphatic rings. The van der Waals surface area contributed by atoms with Crippen LogP contribution in [0.1, 0.15) is 38.3 Å². The third-order valence-electron chi connectivity index (χ3n) is 3.92. The van der Waals surface area contributed by atoms with Crippen LogP contribution in [0.25, 0.3) is 0 Å². The van der Waals surface area contributed by atoms with Gasteiger partial charge < -0.3 is 15.4 Å². The third kappa shape index (κ3) is 3.67. The molecule has 0 saturated heterocycles. The Morgan fingerprint density at radius 1 is 1.47 bits per heavy atom. The molecule has 0 bridgehead atoms. The third-order valence-corrected chi connectivity index (χ3v) is 3.92. The summed E-state index contributed by atoms with van der Waals surface area (Å²) in [7, 11) is 1.74. The summed E-state index contributed by atoms with van der Waals surface area (Å²) in [6, 6.07) is 4.66. The normalized spacial score (nSPS) is 18.1. The van der Waals surface area contributed by atoms with Crippen LogP contribution in [0, 0.1) is 5.92 Å². The number of hydrogen-bond acceptors (Lipinski definition) is 4. The zero-order valence-electron chi connectivity index (χ0n) is 12.2. The van der Waals surface area contributed by atoms with Gasteiger partial charge in [0.15, 0.2) is 0 Å². The van der Waals surface area contributed by atoms with Gasteiger partial charge in [-0.15, -0.1) is 0 Å². The van der Waals surface area contributed by atoms with Crippen LogP contribution in [0.2, 0.25) is 0 Å². The van der Waals surface area contributed by atoms with Crippen molar-refractivity contribution in [1.82, 2.24) is 4.98 Å². The van der Waals surface area contributed by atoms with Crippen molar-refractivity contribution in [3.8, 4) is 0 Å². The van der Waals surface area contributed by atoms with Gasteiger partial charge in [-0.2, -0.15) is 0 Å². The highest BCUT2D eigenvalue weighted by molar-refractivity contribution is 5.43. The van der Waals surface area contributed by atoms with Crippen molar-refractivity contribution in [3.05, 3.63) is 23.9 Å². The average Bonchev–Trinajstić information content (AvgIpc) is 3.23. The number of aromatic nitrogens is 1. The lowest BCUT2D eigenvalue weighted by Crippen LogP contribution is -2.38. The van der Waals surface area contributed by atoms with Crippen LogP contribution >= 0.6 is 0 Å². The molecule has 1 aromatic heterocycles. The topological polar surface area (TPSA) is 51.4 Å². The van der Waals surface area contributed by atoms with E-state index in [1.54, 1.807) is 7.11 Å². The van der Waals surface area contributed by atoms with E-state index in [-0.39, 0.29) is 6.04 Å². The number of ether oxygens (including phenoxy) is 1. The highest BCUT2D eigenvalue weighted by Gasteiger charge is 2.32. The van der Waals surface area contributed by atoms with Gasteiger partial charge in [0.2, 0.25) is 0 Å². The second-order valence-corrected chi connectivity index (χ2v) is 5.50. The van der Waals surface area contributed by atoms with Gasteiger partial charge in [-0.3, -0.25) is 0 Å². The zero-order valence-corrected chi connectivity index (χ0v) is 12.2. The summed E-state index contributed by atoms with van der Waals surface area (Å²) in [6.45, 7) is 5.89. The summed E-state index contributed by atoms with van der Waals surface area (Å²) in [5, 5.41) is 0. The predicted octanol–water partition coefficient (Wildman–Crippen LogP) is 2.35. The summed E-state index contributed by atoms with van der Waals surface area (Å²) in [4.78, 5) is 6.88. The van der Waals surface area contributed by atoms with E-state index in [1.165, 1.54) is 12.8 Å². The molecule has 2 atom stereocenters. The summed E-state index contributed by atoms with van der Waals surface area (Å²) in [5.41, 5.74) is 7.09. The molecule has 4 heteroatoms. The van der Waals surface area contributed by atoms with Gasteiger partial charge in [0.25, 0.3) is 0 Å². The fourth-order valence-corrected chi connectivity index (χ4v) is 2.42. The van der Waals surface area contributed by atoms with E-state index >= 15 is 0 Å². The van der Waals surface area contributed by atoms with Crippen molar-refractivity contribution in [3.63, 3.8) is 0 Å². The highest BCUT2D eigenvalue weighted by Crippen LogP contribution is 2.36. The van der Waals surface area contributed by atoms with E-state index in [9.17, 15) is 0 Å². The number of methoxy groups -OCH3 is 1. The molecule has 1 aliphatic carbocycles. The molecule has 0 aromatic carbocycles. The van der Waals surface area contributed by atoms with Crippen LogP contribution in [-0.4, -0.2) is 31.3 Å². The molecule has 0 aliphatic heterocycles. The predicted molar refractivity (Wildman–Crippen MR) is 78.2 cm³/mol. The first-order valence-electron chi connectivity index (χ1n) is 7.10. The molecule has 1 saturated carbocycles. The first-order valence-corrected chi connectivity index (χ1v) is 7.10. The van der Waals surface area contributed by atoms with E-state index in [0.717, 1.165) is 30.5 Å². The number of hydrogen-bond donors (Lipinski definition) is 1. The Labute approximate surface area is 116 Å². The molecule has 2 N–H and O–H groups in total. The van der Waals surface area contributed by atoms with Crippen molar-refractivity contribution < 1.29 is 4.74 Å².